The highest BCUT2D eigenvalue weighted by molar-refractivity contribution is 5.87. The minimum absolute atomic E-state index is 0.0502. The number of carbonyl (C=O) groups is 1. The summed E-state index contributed by atoms with van der Waals surface area (Å²) >= 11 is 0. The lowest BCUT2D eigenvalue weighted by Crippen LogP contribution is -2.47. The second-order valence-electron chi connectivity index (χ2n) is 7.25. The number of amides is 1. The maximum absolute atomic E-state index is 12.3. The van der Waals surface area contributed by atoms with Crippen LogP contribution < -0.4 is 10.2 Å². The Hall–Kier alpha value is -3.06. The molecule has 1 fully saturated rings. The molecule has 1 N–H and O–H groups in total. The van der Waals surface area contributed by atoms with E-state index in [1.165, 1.54) is 0 Å². The van der Waals surface area contributed by atoms with Crippen LogP contribution in [0.25, 0.3) is 10.9 Å². The number of nitrogens with zero attached hydrogens (tertiary/aromatic N) is 5. The van der Waals surface area contributed by atoms with Crippen LogP contribution in [0.3, 0.4) is 0 Å². The average Bonchev–Trinajstić information content (AvgIpc) is 2.78. The fourth-order valence-corrected chi connectivity index (χ4v) is 3.70. The molecular weight excluding hydrogens is 364 g/mol. The van der Waals surface area contributed by atoms with Gasteiger partial charge in [0.25, 0.3) is 0 Å². The zero-order valence-electron chi connectivity index (χ0n) is 16.5. The molecule has 7 heteroatoms. The summed E-state index contributed by atoms with van der Waals surface area (Å²) in [6, 6.07) is 11.8. The number of pyridine rings is 1. The Bertz CT molecular complexity index is 935. The SMILES string of the molecule is O=C(Cc1cccc2cccnc12)NCCCN1CCN(c2ncccn2)CC1. The Kier molecular flexibility index (Phi) is 6.26. The molecule has 0 saturated carbocycles. The Balaban J connectivity index is 1.17. The largest absolute Gasteiger partial charge is 0.356 e. The molecule has 1 saturated heterocycles. The molecule has 150 valence electrons. The average molecular weight is 390 g/mol. The van der Waals surface area contributed by atoms with Gasteiger partial charge in [-0.15, -0.1) is 0 Å². The smallest absolute Gasteiger partial charge is 0.225 e. The van der Waals surface area contributed by atoms with Gasteiger partial charge in [-0.05, 0) is 30.7 Å². The van der Waals surface area contributed by atoms with Crippen molar-refractivity contribution < 1.29 is 4.79 Å². The summed E-state index contributed by atoms with van der Waals surface area (Å²) < 4.78 is 0. The Morgan fingerprint density at radius 2 is 1.69 bits per heavy atom. The number of hydrogen-bond donors (Lipinski definition) is 1. The van der Waals surface area contributed by atoms with E-state index in [4.69, 9.17) is 0 Å². The molecule has 1 aliphatic rings. The number of carbonyl (C=O) groups excluding carboxylic acids is 1. The summed E-state index contributed by atoms with van der Waals surface area (Å²) in [7, 11) is 0. The first-order chi connectivity index (χ1) is 14.3. The Labute approximate surface area is 170 Å². The van der Waals surface area contributed by atoms with Gasteiger partial charge in [-0.1, -0.05) is 24.3 Å². The maximum atomic E-state index is 12.3. The van der Waals surface area contributed by atoms with Crippen LogP contribution in [0.4, 0.5) is 5.95 Å². The van der Waals surface area contributed by atoms with E-state index >= 15 is 0 Å². The maximum Gasteiger partial charge on any atom is 0.225 e. The van der Waals surface area contributed by atoms with E-state index in [-0.39, 0.29) is 5.91 Å². The minimum Gasteiger partial charge on any atom is -0.356 e. The first-order valence-corrected chi connectivity index (χ1v) is 10.1. The van der Waals surface area contributed by atoms with Crippen LogP contribution in [0.2, 0.25) is 0 Å². The Morgan fingerprint density at radius 3 is 2.52 bits per heavy atom. The lowest BCUT2D eigenvalue weighted by atomic mass is 10.1. The number of anilines is 1. The summed E-state index contributed by atoms with van der Waals surface area (Å²) in [5, 5.41) is 4.11. The number of piperazine rings is 1. The van der Waals surface area contributed by atoms with Crippen LogP contribution in [-0.2, 0) is 11.2 Å². The number of hydrogen-bond acceptors (Lipinski definition) is 6. The summed E-state index contributed by atoms with van der Waals surface area (Å²) in [5.41, 5.74) is 1.88. The van der Waals surface area contributed by atoms with Crippen molar-refractivity contribution in [3.05, 3.63) is 60.6 Å². The second-order valence-corrected chi connectivity index (χ2v) is 7.25. The molecule has 0 radical (unpaired) electrons. The number of rotatable bonds is 7. The van der Waals surface area contributed by atoms with E-state index in [1.807, 2.05) is 36.4 Å². The number of para-hydroxylation sites is 1. The zero-order chi connectivity index (χ0) is 19.9. The number of fused-ring (bicyclic) bond motifs is 1. The van der Waals surface area contributed by atoms with Gasteiger partial charge in [0, 0.05) is 56.7 Å². The first kappa shape index (κ1) is 19.3. The minimum atomic E-state index is 0.0502. The lowest BCUT2D eigenvalue weighted by molar-refractivity contribution is -0.120. The van der Waals surface area contributed by atoms with Crippen LogP contribution in [0.5, 0.6) is 0 Å². The van der Waals surface area contributed by atoms with E-state index in [0.29, 0.717) is 13.0 Å². The Morgan fingerprint density at radius 1 is 0.931 bits per heavy atom. The second kappa shape index (κ2) is 9.43. The standard InChI is InChI=1S/C22H26N6O/c29-20(17-19-6-1-5-18-7-2-8-24-21(18)19)23-11-4-12-27-13-15-28(16-14-27)22-25-9-3-10-26-22/h1-3,5-10H,4,11-17H2,(H,23,29). The normalized spacial score (nSPS) is 14.8. The first-order valence-electron chi connectivity index (χ1n) is 10.1. The molecule has 3 aromatic rings. The van der Waals surface area contributed by atoms with Crippen molar-refractivity contribution in [1.29, 1.82) is 0 Å². The molecule has 0 unspecified atom stereocenters. The van der Waals surface area contributed by atoms with Crippen molar-refractivity contribution in [3.8, 4) is 0 Å². The van der Waals surface area contributed by atoms with Gasteiger partial charge in [0.1, 0.15) is 0 Å². The quantitative estimate of drug-likeness (QED) is 0.621. The molecule has 4 rings (SSSR count). The van der Waals surface area contributed by atoms with Crippen molar-refractivity contribution in [2.75, 3.05) is 44.2 Å². The molecule has 0 aliphatic carbocycles. The number of benzene rings is 1. The fraction of sp³-hybridized carbons (Fsp3) is 0.364. The van der Waals surface area contributed by atoms with Crippen LogP contribution in [-0.4, -0.2) is 65.0 Å². The van der Waals surface area contributed by atoms with Gasteiger partial charge >= 0.3 is 0 Å². The molecule has 3 heterocycles. The monoisotopic (exact) mass is 390 g/mol. The van der Waals surface area contributed by atoms with E-state index in [0.717, 1.165) is 61.6 Å². The molecule has 1 aromatic carbocycles. The van der Waals surface area contributed by atoms with Crippen LogP contribution in [0, 0.1) is 0 Å². The van der Waals surface area contributed by atoms with Gasteiger partial charge in [-0.25, -0.2) is 9.97 Å². The van der Waals surface area contributed by atoms with Gasteiger partial charge < -0.3 is 10.2 Å². The van der Waals surface area contributed by atoms with E-state index in [2.05, 4.69) is 30.1 Å². The van der Waals surface area contributed by atoms with Crippen molar-refractivity contribution in [3.63, 3.8) is 0 Å². The highest BCUT2D eigenvalue weighted by atomic mass is 16.1. The lowest BCUT2D eigenvalue weighted by Gasteiger charge is -2.34. The number of aromatic nitrogens is 3. The van der Waals surface area contributed by atoms with Gasteiger partial charge in [-0.3, -0.25) is 14.7 Å². The topological polar surface area (TPSA) is 74.2 Å². The highest BCUT2D eigenvalue weighted by Crippen LogP contribution is 2.16. The molecular formula is C22H26N6O. The molecule has 0 bridgehead atoms. The van der Waals surface area contributed by atoms with Crippen molar-refractivity contribution >= 4 is 22.8 Å². The van der Waals surface area contributed by atoms with Crippen molar-refractivity contribution in [2.45, 2.75) is 12.8 Å². The van der Waals surface area contributed by atoms with Crippen LogP contribution in [0.15, 0.2) is 55.0 Å². The van der Waals surface area contributed by atoms with Crippen molar-refractivity contribution in [2.24, 2.45) is 0 Å². The summed E-state index contributed by atoms with van der Waals surface area (Å²) in [4.78, 5) is 30.0. The third-order valence-corrected chi connectivity index (χ3v) is 5.25. The van der Waals surface area contributed by atoms with Crippen molar-refractivity contribution in [1.82, 2.24) is 25.2 Å². The number of nitrogens with one attached hydrogen (secondary N) is 1. The zero-order valence-corrected chi connectivity index (χ0v) is 16.5. The summed E-state index contributed by atoms with van der Waals surface area (Å²) in [5.74, 6) is 0.858. The van der Waals surface area contributed by atoms with E-state index in [1.54, 1.807) is 18.6 Å². The molecule has 0 spiro atoms. The molecule has 29 heavy (non-hydrogen) atoms. The van der Waals surface area contributed by atoms with Crippen LogP contribution >= 0.6 is 0 Å². The third-order valence-electron chi connectivity index (χ3n) is 5.25. The van der Waals surface area contributed by atoms with Gasteiger partial charge in [0.05, 0.1) is 11.9 Å². The fourth-order valence-electron chi connectivity index (χ4n) is 3.70. The third kappa shape index (κ3) is 5.06. The predicted octanol–water partition coefficient (Wildman–Crippen LogP) is 1.90. The summed E-state index contributed by atoms with van der Waals surface area (Å²) in [6.07, 6.45) is 6.65. The molecule has 7 nitrogen and oxygen atoms in total. The molecule has 1 aliphatic heterocycles. The van der Waals surface area contributed by atoms with E-state index in [9.17, 15) is 4.79 Å². The van der Waals surface area contributed by atoms with Gasteiger partial charge in [-0.2, -0.15) is 0 Å². The molecule has 0 atom stereocenters. The highest BCUT2D eigenvalue weighted by Gasteiger charge is 2.18. The van der Waals surface area contributed by atoms with Gasteiger partial charge in [0.15, 0.2) is 0 Å². The van der Waals surface area contributed by atoms with E-state index < -0.39 is 0 Å². The molecule has 1 amide bonds. The predicted molar refractivity (Wildman–Crippen MR) is 114 cm³/mol. The molecule has 2 aromatic heterocycles. The summed E-state index contributed by atoms with van der Waals surface area (Å²) in [6.45, 7) is 5.54. The van der Waals surface area contributed by atoms with Crippen LogP contribution in [0.1, 0.15) is 12.0 Å². The van der Waals surface area contributed by atoms with Gasteiger partial charge in [0.2, 0.25) is 11.9 Å².